The van der Waals surface area contributed by atoms with Crippen LogP contribution in [0.25, 0.3) is 0 Å². The molecule has 0 aliphatic rings. The lowest BCUT2D eigenvalue weighted by Gasteiger charge is -2.03. The summed E-state index contributed by atoms with van der Waals surface area (Å²) in [6.07, 6.45) is 1.45. The highest BCUT2D eigenvalue weighted by molar-refractivity contribution is 9.10. The van der Waals surface area contributed by atoms with Crippen LogP contribution in [-0.4, -0.2) is 19.7 Å². The maximum atomic E-state index is 11.8. The molecular weight excluding hydrogens is 348 g/mol. The fourth-order valence-electron chi connectivity index (χ4n) is 1.28. The van der Waals surface area contributed by atoms with Crippen molar-refractivity contribution in [3.63, 3.8) is 0 Å². The molecule has 0 spiro atoms. The largest absolute Gasteiger partial charge is 0.335 e. The van der Waals surface area contributed by atoms with Crippen LogP contribution in [0.3, 0.4) is 0 Å². The van der Waals surface area contributed by atoms with E-state index in [0.717, 1.165) is 17.4 Å². The van der Waals surface area contributed by atoms with E-state index in [1.54, 1.807) is 0 Å². The fraction of sp³-hybridized carbons (Fsp3) is 0.125. The first-order valence-electron chi connectivity index (χ1n) is 4.49. The minimum Gasteiger partial charge on any atom is -0.302 e. The molecule has 2 aromatic heterocycles. The molecule has 18 heavy (non-hydrogen) atoms. The third-order valence-corrected chi connectivity index (χ3v) is 3.42. The maximum Gasteiger partial charge on any atom is 0.335 e. The van der Waals surface area contributed by atoms with Crippen molar-refractivity contribution < 1.29 is 4.92 Å². The van der Waals surface area contributed by atoms with Crippen LogP contribution < -0.4 is 5.56 Å². The zero-order valence-electron chi connectivity index (χ0n) is 8.54. The molecule has 0 bridgehead atoms. The Balaban J connectivity index is 2.45. The predicted octanol–water partition coefficient (Wildman–Crippen LogP) is 2.07. The maximum absolute atomic E-state index is 11.8. The van der Waals surface area contributed by atoms with Gasteiger partial charge in [-0.15, -0.1) is 10.2 Å². The standard InChI is InChI=1S/C8H4BrClN4O3S/c9-4-1-5(14(16)17)7(15)13(2-4)3-6-11-12-8(10)18-6/h1-2H,3H2. The van der Waals surface area contributed by atoms with Gasteiger partial charge in [0.2, 0.25) is 4.47 Å². The van der Waals surface area contributed by atoms with E-state index < -0.39 is 16.2 Å². The Morgan fingerprint density at radius 3 is 2.83 bits per heavy atom. The molecule has 0 unspecified atom stereocenters. The topological polar surface area (TPSA) is 90.9 Å². The van der Waals surface area contributed by atoms with Gasteiger partial charge in [0.05, 0.1) is 11.5 Å². The van der Waals surface area contributed by atoms with Crippen LogP contribution in [0.4, 0.5) is 5.69 Å². The first-order valence-corrected chi connectivity index (χ1v) is 6.48. The smallest absolute Gasteiger partial charge is 0.302 e. The van der Waals surface area contributed by atoms with Crippen molar-refractivity contribution in [1.29, 1.82) is 0 Å². The molecule has 10 heteroatoms. The minimum atomic E-state index is -0.726. The van der Waals surface area contributed by atoms with E-state index in [1.807, 2.05) is 0 Å². The molecule has 0 saturated carbocycles. The lowest BCUT2D eigenvalue weighted by atomic mass is 10.4. The van der Waals surface area contributed by atoms with Crippen LogP contribution in [0.15, 0.2) is 21.5 Å². The van der Waals surface area contributed by atoms with Crippen LogP contribution in [0.1, 0.15) is 5.01 Å². The molecule has 2 aromatic rings. The monoisotopic (exact) mass is 350 g/mol. The Morgan fingerprint density at radius 2 is 2.28 bits per heavy atom. The quantitative estimate of drug-likeness (QED) is 0.623. The van der Waals surface area contributed by atoms with Crippen molar-refractivity contribution in [2.24, 2.45) is 0 Å². The van der Waals surface area contributed by atoms with Gasteiger partial charge in [-0.3, -0.25) is 14.9 Å². The summed E-state index contributed by atoms with van der Waals surface area (Å²) in [5.74, 6) is 0. The summed E-state index contributed by atoms with van der Waals surface area (Å²) in [6, 6.07) is 1.16. The van der Waals surface area contributed by atoms with Gasteiger partial charge in [0.15, 0.2) is 0 Å². The Hall–Kier alpha value is -1.32. The fourth-order valence-corrected chi connectivity index (χ4v) is 2.61. The van der Waals surface area contributed by atoms with Gasteiger partial charge in [0.25, 0.3) is 0 Å². The second-order valence-electron chi connectivity index (χ2n) is 3.18. The first kappa shape index (κ1) is 13.1. The van der Waals surface area contributed by atoms with E-state index >= 15 is 0 Å². The summed E-state index contributed by atoms with van der Waals surface area (Å²) >= 11 is 9.84. The van der Waals surface area contributed by atoms with Crippen molar-refractivity contribution in [3.05, 3.63) is 46.7 Å². The Labute approximate surface area is 117 Å². The van der Waals surface area contributed by atoms with E-state index in [9.17, 15) is 14.9 Å². The number of hydrogen-bond donors (Lipinski definition) is 0. The molecule has 94 valence electrons. The molecule has 0 fully saturated rings. The molecule has 2 heterocycles. The third-order valence-electron chi connectivity index (χ3n) is 1.98. The number of halogens is 2. The van der Waals surface area contributed by atoms with Gasteiger partial charge in [0, 0.05) is 16.7 Å². The molecule has 0 aliphatic carbocycles. The van der Waals surface area contributed by atoms with Gasteiger partial charge < -0.3 is 4.57 Å². The van der Waals surface area contributed by atoms with Crippen LogP contribution in [-0.2, 0) is 6.54 Å². The van der Waals surface area contributed by atoms with Crippen molar-refractivity contribution >= 4 is 44.6 Å². The summed E-state index contributed by atoms with van der Waals surface area (Å²) in [5.41, 5.74) is -1.20. The highest BCUT2D eigenvalue weighted by Crippen LogP contribution is 2.18. The van der Waals surface area contributed by atoms with Gasteiger partial charge in [-0.1, -0.05) is 11.3 Å². The van der Waals surface area contributed by atoms with E-state index in [0.29, 0.717) is 9.48 Å². The highest BCUT2D eigenvalue weighted by Gasteiger charge is 2.16. The molecule has 0 atom stereocenters. The second-order valence-corrected chi connectivity index (χ2v) is 5.74. The number of hydrogen-bond acceptors (Lipinski definition) is 6. The van der Waals surface area contributed by atoms with E-state index in [-0.39, 0.29) is 11.0 Å². The van der Waals surface area contributed by atoms with Crippen LogP contribution in [0.2, 0.25) is 4.47 Å². The summed E-state index contributed by atoms with van der Waals surface area (Å²) in [5, 5.41) is 18.5. The van der Waals surface area contributed by atoms with E-state index in [4.69, 9.17) is 11.6 Å². The van der Waals surface area contributed by atoms with Gasteiger partial charge in [-0.05, 0) is 27.5 Å². The molecule has 7 nitrogen and oxygen atoms in total. The van der Waals surface area contributed by atoms with E-state index in [1.165, 1.54) is 10.8 Å². The lowest BCUT2D eigenvalue weighted by molar-refractivity contribution is -0.386. The predicted molar refractivity (Wildman–Crippen MR) is 69.1 cm³/mol. The van der Waals surface area contributed by atoms with Crippen molar-refractivity contribution in [2.45, 2.75) is 6.54 Å². The number of nitro groups is 1. The van der Waals surface area contributed by atoms with Crippen molar-refractivity contribution in [2.75, 3.05) is 0 Å². The number of rotatable bonds is 3. The summed E-state index contributed by atoms with van der Waals surface area (Å²) in [7, 11) is 0. The summed E-state index contributed by atoms with van der Waals surface area (Å²) in [6.45, 7) is 0.0868. The highest BCUT2D eigenvalue weighted by atomic mass is 79.9. The second kappa shape index (κ2) is 5.12. The van der Waals surface area contributed by atoms with E-state index in [2.05, 4.69) is 26.1 Å². The molecular formula is C8H4BrClN4O3S. The van der Waals surface area contributed by atoms with Crippen molar-refractivity contribution in [1.82, 2.24) is 14.8 Å². The van der Waals surface area contributed by atoms with Gasteiger partial charge in [0.1, 0.15) is 5.01 Å². The average molecular weight is 352 g/mol. The van der Waals surface area contributed by atoms with Gasteiger partial charge in [-0.2, -0.15) is 0 Å². The lowest BCUT2D eigenvalue weighted by Crippen LogP contribution is -2.22. The molecule has 0 saturated heterocycles. The third kappa shape index (κ3) is 2.74. The number of nitrogens with zero attached hydrogens (tertiary/aromatic N) is 4. The Kier molecular flexibility index (Phi) is 3.73. The molecule has 0 radical (unpaired) electrons. The number of pyridine rings is 1. The van der Waals surface area contributed by atoms with Gasteiger partial charge in [-0.25, -0.2) is 0 Å². The molecule has 2 rings (SSSR count). The molecule has 0 N–H and O–H groups in total. The first-order chi connectivity index (χ1) is 8.47. The molecule has 0 amide bonds. The average Bonchev–Trinajstić information content (AvgIpc) is 2.68. The zero-order valence-corrected chi connectivity index (χ0v) is 11.7. The van der Waals surface area contributed by atoms with Crippen LogP contribution in [0, 0.1) is 10.1 Å². The summed E-state index contributed by atoms with van der Waals surface area (Å²) in [4.78, 5) is 21.8. The van der Waals surface area contributed by atoms with Crippen LogP contribution >= 0.6 is 38.9 Å². The molecule has 0 aromatic carbocycles. The zero-order chi connectivity index (χ0) is 13.3. The normalized spacial score (nSPS) is 10.6. The van der Waals surface area contributed by atoms with Gasteiger partial charge >= 0.3 is 11.2 Å². The Bertz CT molecular complexity index is 671. The van der Waals surface area contributed by atoms with Crippen LogP contribution in [0.5, 0.6) is 0 Å². The Morgan fingerprint density at radius 1 is 1.56 bits per heavy atom. The molecule has 0 aliphatic heterocycles. The SMILES string of the molecule is O=c1c([N+](=O)[O-])cc(Br)cn1Cc1nnc(Cl)s1. The van der Waals surface area contributed by atoms with Crippen molar-refractivity contribution in [3.8, 4) is 0 Å². The minimum absolute atomic E-state index is 0.0868. The number of aromatic nitrogens is 3. The summed E-state index contributed by atoms with van der Waals surface area (Å²) < 4.78 is 1.87.